The Morgan fingerprint density at radius 2 is 2.16 bits per heavy atom. The van der Waals surface area contributed by atoms with Gasteiger partial charge in [-0.3, -0.25) is 14.9 Å². The van der Waals surface area contributed by atoms with Gasteiger partial charge in [-0.15, -0.1) is 0 Å². The number of nitrogens with one attached hydrogen (secondary N) is 3. The van der Waals surface area contributed by atoms with Crippen molar-refractivity contribution in [1.82, 2.24) is 24.6 Å². The molecule has 3 N–H and O–H groups in total. The molecule has 12 heteroatoms. The van der Waals surface area contributed by atoms with Crippen LogP contribution in [0.4, 0.5) is 24.7 Å². The zero-order valence-corrected chi connectivity index (χ0v) is 16.6. The van der Waals surface area contributed by atoms with Gasteiger partial charge in [0.2, 0.25) is 5.91 Å². The molecule has 1 fully saturated rings. The number of carbonyl (C=O) groups excluding carboxylic acids is 1. The van der Waals surface area contributed by atoms with Gasteiger partial charge in [-0.25, -0.2) is 18.2 Å². The van der Waals surface area contributed by atoms with Crippen molar-refractivity contribution in [2.24, 2.45) is 5.92 Å². The van der Waals surface area contributed by atoms with Crippen molar-refractivity contribution in [3.05, 3.63) is 35.6 Å². The molecule has 0 radical (unpaired) electrons. The van der Waals surface area contributed by atoms with Gasteiger partial charge in [0, 0.05) is 23.7 Å². The Balaban J connectivity index is 1.55. The number of H-pyrrole nitrogens is 1. The number of hydrogen-bond acceptors (Lipinski definition) is 5. The van der Waals surface area contributed by atoms with Crippen molar-refractivity contribution >= 4 is 45.6 Å². The number of rotatable bonds is 6. The number of carbonyl (C=O) groups is 1. The number of aromatic nitrogens is 5. The molecular formula is C19H15ClF3N7O. The number of halogens is 4. The fourth-order valence-electron chi connectivity index (χ4n) is 3.45. The number of hydrogen-bond donors (Lipinski definition) is 3. The normalized spacial score (nSPS) is 17.9. The van der Waals surface area contributed by atoms with Crippen LogP contribution in [0.25, 0.3) is 27.8 Å². The van der Waals surface area contributed by atoms with E-state index in [9.17, 15) is 18.0 Å². The standard InChI is InChI=1S/C19H15ClF3N7O/c20-15-14(9-4-26-29-17(9)18(16(15)23)24-2-1-21)11-6-30-7-12(27-13(30)5-25-11)28-19(31)8-3-10(8)22/h4-8,10,24H,1-3H2,(H,26,29)(H,28,31). The van der Waals surface area contributed by atoms with Gasteiger partial charge in [0.15, 0.2) is 17.3 Å². The van der Waals surface area contributed by atoms with Crippen molar-refractivity contribution in [2.75, 3.05) is 23.9 Å². The first-order chi connectivity index (χ1) is 15.0. The minimum absolute atomic E-state index is 0.0267. The Bertz CT molecular complexity index is 1320. The van der Waals surface area contributed by atoms with Crippen molar-refractivity contribution < 1.29 is 18.0 Å². The van der Waals surface area contributed by atoms with Crippen LogP contribution < -0.4 is 10.6 Å². The summed E-state index contributed by atoms with van der Waals surface area (Å²) in [7, 11) is 0. The van der Waals surface area contributed by atoms with Crippen LogP contribution in [0.3, 0.4) is 0 Å². The second-order valence-electron chi connectivity index (χ2n) is 7.16. The molecular weight excluding hydrogens is 435 g/mol. The lowest BCUT2D eigenvalue weighted by Crippen LogP contribution is -2.15. The summed E-state index contributed by atoms with van der Waals surface area (Å²) < 4.78 is 42.2. The first kappa shape index (κ1) is 19.6. The van der Waals surface area contributed by atoms with E-state index >= 15 is 0 Å². The molecule has 8 nitrogen and oxygen atoms in total. The van der Waals surface area contributed by atoms with Gasteiger partial charge in [-0.1, -0.05) is 11.6 Å². The fraction of sp³-hybridized carbons (Fsp3) is 0.263. The number of alkyl halides is 2. The zero-order chi connectivity index (χ0) is 21.7. The molecule has 1 saturated carbocycles. The Morgan fingerprint density at radius 1 is 1.35 bits per heavy atom. The summed E-state index contributed by atoms with van der Waals surface area (Å²) in [5.74, 6) is -1.57. The molecule has 160 valence electrons. The lowest BCUT2D eigenvalue weighted by Gasteiger charge is -2.13. The highest BCUT2D eigenvalue weighted by molar-refractivity contribution is 6.35. The van der Waals surface area contributed by atoms with Gasteiger partial charge < -0.3 is 15.0 Å². The van der Waals surface area contributed by atoms with Gasteiger partial charge in [-0.2, -0.15) is 5.10 Å². The second kappa shape index (κ2) is 7.41. The minimum Gasteiger partial charge on any atom is -0.378 e. The zero-order valence-electron chi connectivity index (χ0n) is 15.8. The van der Waals surface area contributed by atoms with Crippen LogP contribution in [-0.2, 0) is 4.79 Å². The highest BCUT2D eigenvalue weighted by Gasteiger charge is 2.43. The first-order valence-corrected chi connectivity index (χ1v) is 9.79. The molecule has 3 aromatic heterocycles. The van der Waals surface area contributed by atoms with Crippen LogP contribution in [0.15, 0.2) is 24.8 Å². The van der Waals surface area contributed by atoms with Gasteiger partial charge in [-0.05, 0) is 6.42 Å². The van der Waals surface area contributed by atoms with Crippen LogP contribution in [0, 0.1) is 11.7 Å². The minimum atomic E-state index is -1.11. The summed E-state index contributed by atoms with van der Waals surface area (Å²) in [6, 6.07) is 0. The molecule has 0 aliphatic heterocycles. The molecule has 3 heterocycles. The maximum Gasteiger partial charge on any atom is 0.231 e. The van der Waals surface area contributed by atoms with E-state index in [0.717, 1.165) is 0 Å². The molecule has 2 unspecified atom stereocenters. The van der Waals surface area contributed by atoms with Gasteiger partial charge in [0.05, 0.1) is 46.4 Å². The van der Waals surface area contributed by atoms with E-state index in [0.29, 0.717) is 27.8 Å². The average Bonchev–Trinajstić information content (AvgIpc) is 3.12. The van der Waals surface area contributed by atoms with Gasteiger partial charge >= 0.3 is 0 Å². The number of benzene rings is 1. The number of imidazole rings is 1. The molecule has 1 aliphatic carbocycles. The van der Waals surface area contributed by atoms with E-state index in [-0.39, 0.29) is 29.5 Å². The van der Waals surface area contributed by atoms with Crippen molar-refractivity contribution in [3.8, 4) is 11.3 Å². The lowest BCUT2D eigenvalue weighted by molar-refractivity contribution is -0.117. The van der Waals surface area contributed by atoms with Gasteiger partial charge in [0.1, 0.15) is 12.8 Å². The Hall–Kier alpha value is -3.34. The molecule has 2 atom stereocenters. The average molecular weight is 450 g/mol. The summed E-state index contributed by atoms with van der Waals surface area (Å²) in [5.41, 5.74) is 1.41. The van der Waals surface area contributed by atoms with E-state index in [1.165, 1.54) is 12.4 Å². The predicted octanol–water partition coefficient (Wildman–Crippen LogP) is 3.74. The molecule has 31 heavy (non-hydrogen) atoms. The summed E-state index contributed by atoms with van der Waals surface area (Å²) >= 11 is 6.32. The molecule has 0 saturated heterocycles. The second-order valence-corrected chi connectivity index (χ2v) is 7.54. The van der Waals surface area contributed by atoms with Crippen molar-refractivity contribution in [1.29, 1.82) is 0 Å². The smallest absolute Gasteiger partial charge is 0.231 e. The van der Waals surface area contributed by atoms with E-state index in [2.05, 4.69) is 30.8 Å². The lowest BCUT2D eigenvalue weighted by atomic mass is 10.1. The molecule has 5 rings (SSSR count). The molecule has 0 spiro atoms. The number of fused-ring (bicyclic) bond motifs is 2. The monoisotopic (exact) mass is 449 g/mol. The third kappa shape index (κ3) is 3.34. The molecule has 0 bridgehead atoms. The highest BCUT2D eigenvalue weighted by Crippen LogP contribution is 2.40. The van der Waals surface area contributed by atoms with E-state index in [1.54, 1.807) is 16.8 Å². The number of aromatic amines is 1. The Kier molecular flexibility index (Phi) is 4.69. The Labute approximate surface area is 177 Å². The molecule has 1 aliphatic rings. The molecule has 1 aromatic carbocycles. The number of anilines is 2. The Morgan fingerprint density at radius 3 is 2.90 bits per heavy atom. The van der Waals surface area contributed by atoms with Crippen LogP contribution in [0.5, 0.6) is 0 Å². The maximum absolute atomic E-state index is 15.0. The summed E-state index contributed by atoms with van der Waals surface area (Å²) in [6.07, 6.45) is 5.14. The molecule has 4 aromatic rings. The van der Waals surface area contributed by atoms with Crippen LogP contribution >= 0.6 is 11.6 Å². The van der Waals surface area contributed by atoms with E-state index in [1.807, 2.05) is 0 Å². The third-order valence-electron chi connectivity index (χ3n) is 5.08. The van der Waals surface area contributed by atoms with Crippen LogP contribution in [0.2, 0.25) is 5.02 Å². The SMILES string of the molecule is O=C(Nc1cn2cc(-c3c(Cl)c(F)c(NCCF)c4[nH]ncc34)ncc2n1)C1CC1F. The van der Waals surface area contributed by atoms with E-state index in [4.69, 9.17) is 11.6 Å². The van der Waals surface area contributed by atoms with Crippen LogP contribution in [-0.4, -0.2) is 49.9 Å². The van der Waals surface area contributed by atoms with Gasteiger partial charge in [0.25, 0.3) is 0 Å². The summed E-state index contributed by atoms with van der Waals surface area (Å²) in [5, 5.41) is 12.2. The van der Waals surface area contributed by atoms with E-state index < -0.39 is 30.5 Å². The fourth-order valence-corrected chi connectivity index (χ4v) is 3.74. The summed E-state index contributed by atoms with van der Waals surface area (Å²) in [4.78, 5) is 20.5. The largest absolute Gasteiger partial charge is 0.378 e. The maximum atomic E-state index is 15.0. The van der Waals surface area contributed by atoms with Crippen LogP contribution in [0.1, 0.15) is 6.42 Å². The molecule has 1 amide bonds. The quantitative estimate of drug-likeness (QED) is 0.416. The number of nitrogens with zero attached hydrogens (tertiary/aromatic N) is 4. The number of amides is 1. The topological polar surface area (TPSA) is 100 Å². The van der Waals surface area contributed by atoms with Crippen molar-refractivity contribution in [2.45, 2.75) is 12.6 Å². The highest BCUT2D eigenvalue weighted by atomic mass is 35.5. The third-order valence-corrected chi connectivity index (χ3v) is 5.44. The summed E-state index contributed by atoms with van der Waals surface area (Å²) in [6.45, 7) is -0.767. The predicted molar refractivity (Wildman–Crippen MR) is 109 cm³/mol. The first-order valence-electron chi connectivity index (χ1n) is 9.42. The van der Waals surface area contributed by atoms with Crippen molar-refractivity contribution in [3.63, 3.8) is 0 Å².